The largest absolute Gasteiger partial charge is 0.279 e. The Hall–Kier alpha value is -0.680. The average molecular weight is 244 g/mol. The van der Waals surface area contributed by atoms with Gasteiger partial charge in [-0.1, -0.05) is 0 Å². The molecule has 0 aliphatic rings. The fourth-order valence-electron chi connectivity index (χ4n) is 0.936. The number of nitrogens with zero attached hydrogens (tertiary/aromatic N) is 3. The number of halogens is 1. The molecule has 0 unspecified atom stereocenters. The minimum atomic E-state index is 0.871. The van der Waals surface area contributed by atoms with E-state index in [4.69, 9.17) is 0 Å². The summed E-state index contributed by atoms with van der Waals surface area (Å²) in [7, 11) is 0. The van der Waals surface area contributed by atoms with Gasteiger partial charge in [0.05, 0.1) is 0 Å². The van der Waals surface area contributed by atoms with Crippen molar-refractivity contribution >= 4 is 27.3 Å². The van der Waals surface area contributed by atoms with E-state index in [-0.39, 0.29) is 0 Å². The molecule has 2 aromatic rings. The summed E-state index contributed by atoms with van der Waals surface area (Å²) in [6.45, 7) is 1.95. The average Bonchev–Trinajstić information content (AvgIpc) is 2.58. The predicted octanol–water partition coefficient (Wildman–Crippen LogP) is 2.40. The van der Waals surface area contributed by atoms with Crippen LogP contribution >= 0.6 is 27.3 Å². The standard InChI is InChI=1S/C7H6BrN3S/c1-5-9-2-3-11(5)7-10-6(8)4-12-7/h2-4H,1H3. The highest BCUT2D eigenvalue weighted by atomic mass is 79.9. The lowest BCUT2D eigenvalue weighted by atomic mass is 10.7. The van der Waals surface area contributed by atoms with E-state index in [1.54, 1.807) is 17.5 Å². The molecule has 3 nitrogen and oxygen atoms in total. The number of thiazole rings is 1. The topological polar surface area (TPSA) is 30.7 Å². The highest BCUT2D eigenvalue weighted by molar-refractivity contribution is 9.10. The normalized spacial score (nSPS) is 10.5. The maximum atomic E-state index is 4.27. The van der Waals surface area contributed by atoms with Crippen LogP contribution in [-0.4, -0.2) is 14.5 Å². The lowest BCUT2D eigenvalue weighted by Gasteiger charge is -1.96. The van der Waals surface area contributed by atoms with Crippen LogP contribution in [0.15, 0.2) is 22.4 Å². The Morgan fingerprint density at radius 2 is 2.42 bits per heavy atom. The summed E-state index contributed by atoms with van der Waals surface area (Å²) in [4.78, 5) is 8.39. The number of rotatable bonds is 1. The lowest BCUT2D eigenvalue weighted by Crippen LogP contribution is -1.93. The molecule has 12 heavy (non-hydrogen) atoms. The maximum absolute atomic E-state index is 4.27. The third-order valence-corrected chi connectivity index (χ3v) is 3.05. The number of hydrogen-bond acceptors (Lipinski definition) is 3. The van der Waals surface area contributed by atoms with E-state index >= 15 is 0 Å². The number of aromatic nitrogens is 3. The molecule has 0 saturated heterocycles. The summed E-state index contributed by atoms with van der Waals surface area (Å²) in [6.07, 6.45) is 3.67. The van der Waals surface area contributed by atoms with Crippen LogP contribution in [0.1, 0.15) is 5.82 Å². The number of imidazole rings is 1. The molecule has 0 fully saturated rings. The first-order chi connectivity index (χ1) is 5.77. The van der Waals surface area contributed by atoms with Crippen LogP contribution in [0, 0.1) is 6.92 Å². The molecule has 0 aromatic carbocycles. The van der Waals surface area contributed by atoms with Crippen molar-refractivity contribution < 1.29 is 0 Å². The van der Waals surface area contributed by atoms with E-state index < -0.39 is 0 Å². The quantitative estimate of drug-likeness (QED) is 0.771. The van der Waals surface area contributed by atoms with Crippen LogP contribution in [-0.2, 0) is 0 Å². The fourth-order valence-corrected chi connectivity index (χ4v) is 2.21. The molecule has 2 rings (SSSR count). The summed E-state index contributed by atoms with van der Waals surface area (Å²) in [5.74, 6) is 0.955. The first kappa shape index (κ1) is 7.94. The van der Waals surface area contributed by atoms with Crippen molar-refractivity contribution in [1.29, 1.82) is 0 Å². The van der Waals surface area contributed by atoms with Gasteiger partial charge in [-0.05, 0) is 22.9 Å². The Morgan fingerprint density at radius 3 is 2.92 bits per heavy atom. The monoisotopic (exact) mass is 243 g/mol. The molecule has 0 bridgehead atoms. The van der Waals surface area contributed by atoms with Crippen LogP contribution in [0.3, 0.4) is 0 Å². The summed E-state index contributed by atoms with van der Waals surface area (Å²) < 4.78 is 2.82. The fraction of sp³-hybridized carbons (Fsp3) is 0.143. The summed E-state index contributed by atoms with van der Waals surface area (Å²) in [5, 5.41) is 2.89. The molecule has 0 aliphatic carbocycles. The molecule has 0 aliphatic heterocycles. The minimum Gasteiger partial charge on any atom is -0.279 e. The summed E-state index contributed by atoms with van der Waals surface area (Å²) in [6, 6.07) is 0. The lowest BCUT2D eigenvalue weighted by molar-refractivity contribution is 0.956. The zero-order valence-corrected chi connectivity index (χ0v) is 8.76. The van der Waals surface area contributed by atoms with Gasteiger partial charge in [-0.2, -0.15) is 0 Å². The van der Waals surface area contributed by atoms with E-state index in [1.807, 2.05) is 23.1 Å². The van der Waals surface area contributed by atoms with Crippen molar-refractivity contribution in [2.24, 2.45) is 0 Å². The van der Waals surface area contributed by atoms with Gasteiger partial charge in [-0.3, -0.25) is 4.57 Å². The molecule has 0 spiro atoms. The van der Waals surface area contributed by atoms with Gasteiger partial charge in [0.2, 0.25) is 0 Å². The Kier molecular flexibility index (Phi) is 1.98. The Labute approximate surface area is 82.2 Å². The summed E-state index contributed by atoms with van der Waals surface area (Å²) in [5.41, 5.74) is 0. The van der Waals surface area contributed by atoms with Crippen molar-refractivity contribution in [3.63, 3.8) is 0 Å². The van der Waals surface area contributed by atoms with E-state index in [9.17, 15) is 0 Å². The van der Waals surface area contributed by atoms with Gasteiger partial charge in [-0.25, -0.2) is 9.97 Å². The Morgan fingerprint density at radius 1 is 1.58 bits per heavy atom. The van der Waals surface area contributed by atoms with E-state index in [0.29, 0.717) is 0 Å². The van der Waals surface area contributed by atoms with Gasteiger partial charge in [-0.15, -0.1) is 11.3 Å². The molecule has 0 saturated carbocycles. The van der Waals surface area contributed by atoms with Crippen molar-refractivity contribution in [1.82, 2.24) is 14.5 Å². The smallest absolute Gasteiger partial charge is 0.196 e. The molecule has 5 heteroatoms. The molecule has 62 valence electrons. The highest BCUT2D eigenvalue weighted by Gasteiger charge is 2.03. The summed E-state index contributed by atoms with van der Waals surface area (Å²) >= 11 is 4.89. The molecule has 2 aromatic heterocycles. The van der Waals surface area contributed by atoms with E-state index in [2.05, 4.69) is 25.9 Å². The van der Waals surface area contributed by atoms with Gasteiger partial charge in [0.1, 0.15) is 10.4 Å². The van der Waals surface area contributed by atoms with Gasteiger partial charge in [0.25, 0.3) is 0 Å². The Balaban J connectivity index is 2.50. The van der Waals surface area contributed by atoms with Crippen LogP contribution in [0.2, 0.25) is 0 Å². The Bertz CT molecular complexity index is 393. The van der Waals surface area contributed by atoms with Crippen LogP contribution in [0.4, 0.5) is 0 Å². The molecule has 0 amide bonds. The minimum absolute atomic E-state index is 0.871. The van der Waals surface area contributed by atoms with Gasteiger partial charge in [0.15, 0.2) is 5.13 Å². The van der Waals surface area contributed by atoms with Crippen molar-refractivity contribution in [3.8, 4) is 5.13 Å². The third-order valence-electron chi connectivity index (χ3n) is 1.50. The zero-order chi connectivity index (χ0) is 8.55. The second kappa shape index (κ2) is 2.99. The van der Waals surface area contributed by atoms with Crippen molar-refractivity contribution in [2.75, 3.05) is 0 Å². The second-order valence-electron chi connectivity index (χ2n) is 2.30. The second-order valence-corrected chi connectivity index (χ2v) is 3.95. The van der Waals surface area contributed by atoms with Crippen LogP contribution in [0.25, 0.3) is 5.13 Å². The van der Waals surface area contributed by atoms with Gasteiger partial charge >= 0.3 is 0 Å². The first-order valence-corrected chi connectivity index (χ1v) is 5.06. The van der Waals surface area contributed by atoms with E-state index in [0.717, 1.165) is 15.6 Å². The first-order valence-electron chi connectivity index (χ1n) is 3.39. The van der Waals surface area contributed by atoms with Crippen LogP contribution < -0.4 is 0 Å². The van der Waals surface area contributed by atoms with Crippen LogP contribution in [0.5, 0.6) is 0 Å². The predicted molar refractivity (Wildman–Crippen MR) is 51.7 cm³/mol. The molecule has 2 heterocycles. The van der Waals surface area contributed by atoms with Crippen molar-refractivity contribution in [2.45, 2.75) is 6.92 Å². The molecule has 0 N–H and O–H groups in total. The number of aryl methyl sites for hydroxylation is 1. The van der Waals surface area contributed by atoms with E-state index in [1.165, 1.54) is 0 Å². The molecular weight excluding hydrogens is 238 g/mol. The third kappa shape index (κ3) is 1.30. The highest BCUT2D eigenvalue weighted by Crippen LogP contribution is 2.19. The SMILES string of the molecule is Cc1nccn1-c1nc(Br)cs1. The zero-order valence-electron chi connectivity index (χ0n) is 6.36. The van der Waals surface area contributed by atoms with Gasteiger partial charge < -0.3 is 0 Å². The maximum Gasteiger partial charge on any atom is 0.196 e. The van der Waals surface area contributed by atoms with Gasteiger partial charge in [0, 0.05) is 17.8 Å². The molecular formula is C7H6BrN3S. The van der Waals surface area contributed by atoms with Crippen molar-refractivity contribution in [3.05, 3.63) is 28.2 Å². The molecule has 0 radical (unpaired) electrons. The molecule has 0 atom stereocenters. The number of hydrogen-bond donors (Lipinski definition) is 0.